The maximum Gasteiger partial charge on any atom is 0.503 e. The fourth-order valence-corrected chi connectivity index (χ4v) is 0.671. The predicted molar refractivity (Wildman–Crippen MR) is 56.9 cm³/mol. The molecule has 3 N–H and O–H groups in total. The highest BCUT2D eigenvalue weighted by molar-refractivity contribution is 5.53. The molecule has 0 spiro atoms. The zero-order valence-electron chi connectivity index (χ0n) is 9.53. The fourth-order valence-electron chi connectivity index (χ4n) is 0.671. The minimum atomic E-state index is -1.83. The van der Waals surface area contributed by atoms with Crippen molar-refractivity contribution in [2.75, 3.05) is 26.2 Å². The van der Waals surface area contributed by atoms with Gasteiger partial charge >= 0.3 is 6.16 Å². The summed E-state index contributed by atoms with van der Waals surface area (Å²) in [6.07, 6.45) is -1.83. The molecule has 88 valence electrons. The van der Waals surface area contributed by atoms with Gasteiger partial charge in [-0.1, -0.05) is 20.8 Å². The van der Waals surface area contributed by atoms with Gasteiger partial charge in [0.15, 0.2) is 0 Å². The largest absolute Gasteiger partial charge is 0.503 e. The second-order valence-electron chi connectivity index (χ2n) is 2.22. The van der Waals surface area contributed by atoms with Gasteiger partial charge in [-0.2, -0.15) is 0 Å². The van der Waals surface area contributed by atoms with Crippen molar-refractivity contribution in [3.05, 3.63) is 0 Å². The number of carbonyl (C=O) groups is 1. The van der Waals surface area contributed by atoms with Gasteiger partial charge in [0.1, 0.15) is 0 Å². The van der Waals surface area contributed by atoms with Gasteiger partial charge in [-0.15, -0.1) is 0 Å². The van der Waals surface area contributed by atoms with E-state index >= 15 is 0 Å². The van der Waals surface area contributed by atoms with Gasteiger partial charge in [-0.25, -0.2) is 4.79 Å². The number of rotatable bonds is 3. The molecule has 0 heterocycles. The second-order valence-corrected chi connectivity index (χ2v) is 2.22. The van der Waals surface area contributed by atoms with E-state index in [1.54, 1.807) is 6.92 Å². The lowest BCUT2D eigenvalue weighted by Gasteiger charge is -2.13. The van der Waals surface area contributed by atoms with Crippen molar-refractivity contribution in [1.29, 1.82) is 0 Å². The molecule has 0 bridgehead atoms. The van der Waals surface area contributed by atoms with Gasteiger partial charge in [-0.3, -0.25) is 0 Å². The van der Waals surface area contributed by atoms with Crippen LogP contribution in [0.4, 0.5) is 4.79 Å². The van der Waals surface area contributed by atoms with Crippen LogP contribution in [0.25, 0.3) is 0 Å². The molecule has 0 radical (unpaired) electrons. The summed E-state index contributed by atoms with van der Waals surface area (Å²) >= 11 is 0. The van der Waals surface area contributed by atoms with Gasteiger partial charge < -0.3 is 20.2 Å². The number of hydrogen-bond acceptors (Lipinski definition) is 3. The van der Waals surface area contributed by atoms with E-state index in [1.807, 2.05) is 0 Å². The maximum atomic E-state index is 8.56. The normalized spacial score (nSPS) is 8.14. The molecule has 14 heavy (non-hydrogen) atoms. The molecule has 0 aliphatic carbocycles. The van der Waals surface area contributed by atoms with E-state index < -0.39 is 6.16 Å². The van der Waals surface area contributed by atoms with Crippen molar-refractivity contribution in [3.63, 3.8) is 0 Å². The minimum Gasteiger partial charge on any atom is -0.450 e. The van der Waals surface area contributed by atoms with E-state index in [0.29, 0.717) is 0 Å². The van der Waals surface area contributed by atoms with E-state index in [2.05, 4.69) is 25.7 Å². The lowest BCUT2D eigenvalue weighted by molar-refractivity contribution is 0.137. The highest BCUT2D eigenvalue weighted by Crippen LogP contribution is 1.81. The molecule has 0 amide bonds. The lowest BCUT2D eigenvalue weighted by atomic mass is 10.5. The van der Waals surface area contributed by atoms with E-state index in [9.17, 15) is 0 Å². The van der Waals surface area contributed by atoms with Crippen molar-refractivity contribution in [1.82, 2.24) is 4.90 Å². The Morgan fingerprint density at radius 1 is 1.00 bits per heavy atom. The van der Waals surface area contributed by atoms with Crippen LogP contribution in [0.1, 0.15) is 27.7 Å². The molecule has 0 fully saturated rings. The van der Waals surface area contributed by atoms with Gasteiger partial charge in [0.2, 0.25) is 0 Å². The number of aliphatic hydroxyl groups is 1. The first-order chi connectivity index (χ1) is 6.49. The Balaban J connectivity index is -0.000000147. The molecule has 0 saturated carbocycles. The SMILES string of the molecule is CCN(CC)CC.CCO.O=C(O)O. The van der Waals surface area contributed by atoms with E-state index in [1.165, 1.54) is 19.6 Å². The molecule has 0 aromatic heterocycles. The van der Waals surface area contributed by atoms with Crippen LogP contribution < -0.4 is 0 Å². The Morgan fingerprint density at radius 2 is 1.14 bits per heavy atom. The van der Waals surface area contributed by atoms with Gasteiger partial charge in [-0.05, 0) is 26.6 Å². The van der Waals surface area contributed by atoms with Crippen LogP contribution in [0.15, 0.2) is 0 Å². The molecular weight excluding hydrogens is 186 g/mol. The molecule has 5 heteroatoms. The molecule has 0 aliphatic rings. The number of nitrogens with zero attached hydrogens (tertiary/aromatic N) is 1. The zero-order chi connectivity index (χ0) is 12.0. The quantitative estimate of drug-likeness (QED) is 0.657. The summed E-state index contributed by atoms with van der Waals surface area (Å²) in [5.41, 5.74) is 0. The van der Waals surface area contributed by atoms with Gasteiger partial charge in [0, 0.05) is 6.61 Å². The lowest BCUT2D eigenvalue weighted by Crippen LogP contribution is -2.21. The molecule has 0 saturated heterocycles. The molecule has 0 rings (SSSR count). The number of hydrogen-bond donors (Lipinski definition) is 3. The summed E-state index contributed by atoms with van der Waals surface area (Å²) in [7, 11) is 0. The predicted octanol–water partition coefficient (Wildman–Crippen LogP) is 1.57. The van der Waals surface area contributed by atoms with Crippen molar-refractivity contribution < 1.29 is 20.1 Å². The van der Waals surface area contributed by atoms with Crippen molar-refractivity contribution in [3.8, 4) is 0 Å². The topological polar surface area (TPSA) is 81.0 Å². The Morgan fingerprint density at radius 3 is 1.14 bits per heavy atom. The third-order valence-corrected chi connectivity index (χ3v) is 1.34. The van der Waals surface area contributed by atoms with Crippen LogP contribution in [0, 0.1) is 0 Å². The van der Waals surface area contributed by atoms with Crippen LogP contribution in [0.3, 0.4) is 0 Å². The minimum absolute atomic E-state index is 0.250. The molecule has 0 atom stereocenters. The fraction of sp³-hybridized carbons (Fsp3) is 0.889. The summed E-state index contributed by atoms with van der Waals surface area (Å²) in [6.45, 7) is 12.1. The first-order valence-corrected chi connectivity index (χ1v) is 4.74. The standard InChI is InChI=1S/C6H15N.C2H6O.CH2O3/c1-4-7(5-2)6-3;1-2-3;2-1(3)4/h4-6H2,1-3H3;3H,2H2,1H3;(H2,2,3,4). The molecule has 5 nitrogen and oxygen atoms in total. The molecular formula is C9H23NO4. The van der Waals surface area contributed by atoms with Gasteiger partial charge in [0.25, 0.3) is 0 Å². The Kier molecular flexibility index (Phi) is 24.4. The number of aliphatic hydroxyl groups excluding tert-OH is 1. The zero-order valence-corrected chi connectivity index (χ0v) is 9.53. The van der Waals surface area contributed by atoms with Crippen molar-refractivity contribution in [2.45, 2.75) is 27.7 Å². The average Bonchev–Trinajstić information content (AvgIpc) is 2.08. The first kappa shape index (κ1) is 18.9. The summed E-state index contributed by atoms with van der Waals surface area (Å²) in [5, 5.41) is 21.5. The third kappa shape index (κ3) is 43.1. The first-order valence-electron chi connectivity index (χ1n) is 4.74. The molecule has 0 aromatic carbocycles. The van der Waals surface area contributed by atoms with Crippen LogP contribution in [0.5, 0.6) is 0 Å². The highest BCUT2D eigenvalue weighted by Gasteiger charge is 1.89. The highest BCUT2D eigenvalue weighted by atomic mass is 16.6. The van der Waals surface area contributed by atoms with Crippen molar-refractivity contribution in [2.24, 2.45) is 0 Å². The Labute approximate surface area is 86.0 Å². The molecule has 0 unspecified atom stereocenters. The molecule has 0 aromatic rings. The Bertz CT molecular complexity index is 95.5. The van der Waals surface area contributed by atoms with Gasteiger partial charge in [0.05, 0.1) is 0 Å². The summed E-state index contributed by atoms with van der Waals surface area (Å²) in [6, 6.07) is 0. The maximum absolute atomic E-state index is 8.56. The smallest absolute Gasteiger partial charge is 0.450 e. The molecule has 0 aliphatic heterocycles. The van der Waals surface area contributed by atoms with E-state index in [-0.39, 0.29) is 6.61 Å². The summed E-state index contributed by atoms with van der Waals surface area (Å²) < 4.78 is 0. The van der Waals surface area contributed by atoms with Crippen LogP contribution >= 0.6 is 0 Å². The Hall–Kier alpha value is -0.810. The van der Waals surface area contributed by atoms with Crippen LogP contribution in [-0.2, 0) is 0 Å². The number of carboxylic acid groups (broad SMARTS) is 2. The third-order valence-electron chi connectivity index (χ3n) is 1.34. The second kappa shape index (κ2) is 18.1. The van der Waals surface area contributed by atoms with Crippen LogP contribution in [0.2, 0.25) is 0 Å². The summed E-state index contributed by atoms with van der Waals surface area (Å²) in [5.74, 6) is 0. The average molecular weight is 209 g/mol. The van der Waals surface area contributed by atoms with Crippen molar-refractivity contribution >= 4 is 6.16 Å². The van der Waals surface area contributed by atoms with E-state index in [0.717, 1.165) is 0 Å². The monoisotopic (exact) mass is 209 g/mol. The van der Waals surface area contributed by atoms with Crippen LogP contribution in [-0.4, -0.2) is 52.6 Å². The summed E-state index contributed by atoms with van der Waals surface area (Å²) in [4.78, 5) is 10.9. The van der Waals surface area contributed by atoms with E-state index in [4.69, 9.17) is 20.1 Å².